The molecule has 0 amide bonds. The van der Waals surface area contributed by atoms with E-state index in [4.69, 9.17) is 4.98 Å². The second kappa shape index (κ2) is 5.58. The number of rotatable bonds is 1. The van der Waals surface area contributed by atoms with Crippen LogP contribution in [0.2, 0.25) is 0 Å². The number of thiophene rings is 1. The molecule has 26 heavy (non-hydrogen) atoms. The molecule has 6 heteroatoms. The predicted molar refractivity (Wildman–Crippen MR) is 104 cm³/mol. The van der Waals surface area contributed by atoms with Gasteiger partial charge in [-0.1, -0.05) is 20.8 Å². The fourth-order valence-corrected chi connectivity index (χ4v) is 5.20. The molecule has 0 bridgehead atoms. The Kier molecular flexibility index (Phi) is 3.41. The van der Waals surface area contributed by atoms with E-state index in [2.05, 4.69) is 35.8 Å². The van der Waals surface area contributed by atoms with Crippen LogP contribution in [0.3, 0.4) is 0 Å². The second-order valence-electron chi connectivity index (χ2n) is 8.17. The summed E-state index contributed by atoms with van der Waals surface area (Å²) in [6.45, 7) is 7.06. The van der Waals surface area contributed by atoms with Gasteiger partial charge in [0.05, 0.1) is 5.39 Å². The van der Waals surface area contributed by atoms with E-state index in [0.717, 1.165) is 40.6 Å². The van der Waals surface area contributed by atoms with Crippen molar-refractivity contribution in [1.82, 2.24) is 24.6 Å². The fourth-order valence-electron chi connectivity index (χ4n) is 3.94. The Hall–Kier alpha value is -2.34. The molecular weight excluding hydrogens is 342 g/mol. The van der Waals surface area contributed by atoms with E-state index in [1.165, 1.54) is 22.2 Å². The molecule has 4 heterocycles. The third kappa shape index (κ3) is 2.43. The van der Waals surface area contributed by atoms with E-state index in [9.17, 15) is 0 Å². The van der Waals surface area contributed by atoms with Crippen LogP contribution in [-0.2, 0) is 12.8 Å². The molecule has 0 spiro atoms. The Morgan fingerprint density at radius 1 is 1.19 bits per heavy atom. The van der Waals surface area contributed by atoms with Gasteiger partial charge < -0.3 is 0 Å². The minimum atomic E-state index is 0.347. The standard InChI is InChI=1S/C20H21N5S/c1-20(2,3)13-4-5-14-15(10-13)26-19-16(14)18-23-17(24-25(18)11-22-19)12-6-8-21-9-7-12/h6-9,11,13H,4-5,10H2,1-3H3/t13-/m1/s1. The van der Waals surface area contributed by atoms with E-state index < -0.39 is 0 Å². The molecule has 5 nitrogen and oxygen atoms in total. The Morgan fingerprint density at radius 3 is 2.77 bits per heavy atom. The molecule has 0 saturated heterocycles. The van der Waals surface area contributed by atoms with Crippen LogP contribution < -0.4 is 0 Å². The minimum absolute atomic E-state index is 0.347. The van der Waals surface area contributed by atoms with Gasteiger partial charge in [0.2, 0.25) is 0 Å². The quantitative estimate of drug-likeness (QED) is 0.498. The first kappa shape index (κ1) is 15.9. The lowest BCUT2D eigenvalue weighted by atomic mass is 9.72. The second-order valence-corrected chi connectivity index (χ2v) is 9.26. The number of aromatic nitrogens is 5. The Balaban J connectivity index is 1.67. The van der Waals surface area contributed by atoms with Gasteiger partial charge in [-0.15, -0.1) is 16.4 Å². The average Bonchev–Trinajstić information content (AvgIpc) is 3.21. The van der Waals surface area contributed by atoms with Gasteiger partial charge in [-0.05, 0) is 48.3 Å². The van der Waals surface area contributed by atoms with Crippen molar-refractivity contribution in [3.8, 4) is 11.4 Å². The van der Waals surface area contributed by atoms with Gasteiger partial charge in [-0.3, -0.25) is 4.98 Å². The highest BCUT2D eigenvalue weighted by Gasteiger charge is 2.31. The number of nitrogens with zero attached hydrogens (tertiary/aromatic N) is 5. The summed E-state index contributed by atoms with van der Waals surface area (Å²) >= 11 is 1.84. The van der Waals surface area contributed by atoms with Crippen LogP contribution in [0.1, 0.15) is 37.6 Å². The Bertz CT molecular complexity index is 1100. The maximum absolute atomic E-state index is 4.85. The van der Waals surface area contributed by atoms with Crippen LogP contribution in [0.5, 0.6) is 0 Å². The first-order valence-corrected chi connectivity index (χ1v) is 9.88. The van der Waals surface area contributed by atoms with Crippen LogP contribution in [0.4, 0.5) is 0 Å². The topological polar surface area (TPSA) is 56.0 Å². The highest BCUT2D eigenvalue weighted by atomic mass is 32.1. The summed E-state index contributed by atoms with van der Waals surface area (Å²) in [4.78, 5) is 16.2. The maximum Gasteiger partial charge on any atom is 0.182 e. The molecule has 5 rings (SSSR count). The lowest BCUT2D eigenvalue weighted by molar-refractivity contribution is 0.218. The number of aryl methyl sites for hydroxylation is 1. The molecule has 0 fully saturated rings. The van der Waals surface area contributed by atoms with E-state index in [-0.39, 0.29) is 0 Å². The molecule has 0 saturated carbocycles. The summed E-state index contributed by atoms with van der Waals surface area (Å²) in [5.41, 5.74) is 3.69. The third-order valence-electron chi connectivity index (χ3n) is 5.55. The number of hydrogen-bond donors (Lipinski definition) is 0. The van der Waals surface area contributed by atoms with Crippen molar-refractivity contribution < 1.29 is 0 Å². The molecule has 132 valence electrons. The molecule has 0 unspecified atom stereocenters. The van der Waals surface area contributed by atoms with Crippen LogP contribution in [0.25, 0.3) is 27.3 Å². The van der Waals surface area contributed by atoms with E-state index >= 15 is 0 Å². The molecule has 4 aromatic heterocycles. The van der Waals surface area contributed by atoms with Crippen molar-refractivity contribution in [3.05, 3.63) is 41.3 Å². The van der Waals surface area contributed by atoms with Crippen molar-refractivity contribution in [2.75, 3.05) is 0 Å². The zero-order valence-corrected chi connectivity index (χ0v) is 16.0. The highest BCUT2D eigenvalue weighted by Crippen LogP contribution is 2.43. The van der Waals surface area contributed by atoms with Gasteiger partial charge in [0.25, 0.3) is 0 Å². The van der Waals surface area contributed by atoms with E-state index in [1.54, 1.807) is 18.7 Å². The monoisotopic (exact) mass is 363 g/mol. The molecule has 0 aromatic carbocycles. The molecule has 1 aliphatic rings. The van der Waals surface area contributed by atoms with Gasteiger partial charge in [0.15, 0.2) is 11.5 Å². The summed E-state index contributed by atoms with van der Waals surface area (Å²) in [6.07, 6.45) is 8.82. The number of hydrogen-bond acceptors (Lipinski definition) is 5. The number of pyridine rings is 1. The Labute approximate surface area is 156 Å². The number of fused-ring (bicyclic) bond motifs is 5. The highest BCUT2D eigenvalue weighted by molar-refractivity contribution is 7.19. The minimum Gasteiger partial charge on any atom is -0.265 e. The lowest BCUT2D eigenvalue weighted by Crippen LogP contribution is -2.26. The van der Waals surface area contributed by atoms with Crippen LogP contribution in [-0.4, -0.2) is 24.6 Å². The first-order chi connectivity index (χ1) is 12.5. The molecule has 0 N–H and O–H groups in total. The fraction of sp³-hybridized carbons (Fsp3) is 0.400. The third-order valence-corrected chi connectivity index (χ3v) is 6.71. The lowest BCUT2D eigenvalue weighted by Gasteiger charge is -2.33. The zero-order valence-electron chi connectivity index (χ0n) is 15.2. The van der Waals surface area contributed by atoms with Crippen molar-refractivity contribution in [2.24, 2.45) is 11.3 Å². The van der Waals surface area contributed by atoms with Crippen molar-refractivity contribution in [2.45, 2.75) is 40.0 Å². The smallest absolute Gasteiger partial charge is 0.182 e. The summed E-state index contributed by atoms with van der Waals surface area (Å²) < 4.78 is 1.82. The largest absolute Gasteiger partial charge is 0.265 e. The summed E-state index contributed by atoms with van der Waals surface area (Å²) in [5.74, 6) is 1.45. The SMILES string of the molecule is CC(C)(C)[C@@H]1CCc2c(sc3ncn4nc(-c5ccncc5)nc4c23)C1. The van der Waals surface area contributed by atoms with E-state index in [0.29, 0.717) is 5.41 Å². The normalized spacial score (nSPS) is 17.7. The van der Waals surface area contributed by atoms with Crippen molar-refractivity contribution in [1.29, 1.82) is 0 Å². The van der Waals surface area contributed by atoms with Crippen LogP contribution >= 0.6 is 11.3 Å². The van der Waals surface area contributed by atoms with Crippen molar-refractivity contribution in [3.63, 3.8) is 0 Å². The summed E-state index contributed by atoms with van der Waals surface area (Å²) in [5, 5.41) is 5.84. The van der Waals surface area contributed by atoms with Gasteiger partial charge >= 0.3 is 0 Å². The van der Waals surface area contributed by atoms with E-state index in [1.807, 2.05) is 28.0 Å². The molecular formula is C20H21N5S. The summed E-state index contributed by atoms with van der Waals surface area (Å²) in [7, 11) is 0. The van der Waals surface area contributed by atoms with Crippen LogP contribution in [0, 0.1) is 11.3 Å². The molecule has 4 aromatic rings. The summed E-state index contributed by atoms with van der Waals surface area (Å²) in [6, 6.07) is 3.88. The Morgan fingerprint density at radius 2 is 2.00 bits per heavy atom. The zero-order chi connectivity index (χ0) is 17.9. The van der Waals surface area contributed by atoms with Gasteiger partial charge in [-0.2, -0.15) is 0 Å². The van der Waals surface area contributed by atoms with Gasteiger partial charge in [0.1, 0.15) is 11.2 Å². The molecule has 1 aliphatic carbocycles. The van der Waals surface area contributed by atoms with Gasteiger partial charge in [0, 0.05) is 22.8 Å². The molecule has 1 atom stereocenters. The van der Waals surface area contributed by atoms with Crippen molar-refractivity contribution >= 4 is 27.2 Å². The van der Waals surface area contributed by atoms with Crippen LogP contribution in [0.15, 0.2) is 30.9 Å². The predicted octanol–water partition coefficient (Wildman–Crippen LogP) is 4.55. The molecule has 0 aliphatic heterocycles. The maximum atomic E-state index is 4.85. The van der Waals surface area contributed by atoms with Gasteiger partial charge in [-0.25, -0.2) is 14.5 Å². The molecule has 0 radical (unpaired) electrons. The average molecular weight is 363 g/mol. The first-order valence-electron chi connectivity index (χ1n) is 9.07.